The Bertz CT molecular complexity index is 2630. The summed E-state index contributed by atoms with van der Waals surface area (Å²) in [6.45, 7) is 15.4. The Morgan fingerprint density at radius 1 is 0.866 bits per heavy atom. The van der Waals surface area contributed by atoms with E-state index in [1.165, 1.54) is 22.9 Å². The van der Waals surface area contributed by atoms with Gasteiger partial charge in [-0.25, -0.2) is 9.59 Å². The van der Waals surface area contributed by atoms with E-state index in [1.807, 2.05) is 6.92 Å². The van der Waals surface area contributed by atoms with Crippen LogP contribution in [-0.2, 0) is 24.7 Å². The van der Waals surface area contributed by atoms with Crippen LogP contribution >= 0.6 is 0 Å². The van der Waals surface area contributed by atoms with Crippen LogP contribution in [0.5, 0.6) is 23.0 Å². The highest BCUT2D eigenvalue weighted by molar-refractivity contribution is 6.00. The first-order chi connectivity index (χ1) is 31.7. The third kappa shape index (κ3) is 10.5. The molecule has 4 atom stereocenters. The summed E-state index contributed by atoms with van der Waals surface area (Å²) in [5, 5.41) is 16.5. The molecule has 356 valence electrons. The molecule has 3 aromatic carbocycles. The molecule has 4 N–H and O–H groups in total. The Morgan fingerprint density at radius 3 is 2.06 bits per heavy atom. The van der Waals surface area contributed by atoms with E-state index >= 15 is 0 Å². The normalized spacial score (nSPS) is 18.7. The van der Waals surface area contributed by atoms with Gasteiger partial charge >= 0.3 is 23.6 Å². The average Bonchev–Trinajstić information content (AvgIpc) is 3.79. The van der Waals surface area contributed by atoms with Crippen molar-refractivity contribution in [2.24, 2.45) is 16.7 Å². The van der Waals surface area contributed by atoms with E-state index in [9.17, 15) is 33.9 Å². The summed E-state index contributed by atoms with van der Waals surface area (Å²) in [5.41, 5.74) is -2.18. The number of unbranched alkanes of at least 4 members (excludes halogenated alkanes) is 3. The van der Waals surface area contributed by atoms with Crippen molar-refractivity contribution in [1.29, 1.82) is 0 Å². The Labute approximate surface area is 389 Å². The number of carbonyl (C=O) groups is 4. The molecule has 1 aromatic heterocycles. The number of aliphatic hydroxyl groups is 1. The largest absolute Gasteiger partial charge is 0.456 e. The number of carbonyl (C=O) groups excluding carboxylic acids is 4. The van der Waals surface area contributed by atoms with Gasteiger partial charge in [-0.2, -0.15) is 0 Å². The monoisotopic (exact) mass is 920 g/mol. The summed E-state index contributed by atoms with van der Waals surface area (Å²) in [6.07, 6.45) is 7.49. The smallest absolute Gasteiger partial charge is 0.340 e. The predicted octanol–water partition coefficient (Wildman–Crippen LogP) is 7.25. The van der Waals surface area contributed by atoms with Crippen molar-refractivity contribution in [2.45, 2.75) is 118 Å². The summed E-state index contributed by atoms with van der Waals surface area (Å²) < 4.78 is 31.5. The van der Waals surface area contributed by atoms with Crippen LogP contribution in [0, 0.1) is 16.7 Å². The lowest BCUT2D eigenvalue weighted by atomic mass is 9.77. The van der Waals surface area contributed by atoms with Gasteiger partial charge in [-0.15, -0.1) is 0 Å². The van der Waals surface area contributed by atoms with Gasteiger partial charge in [0.25, 0.3) is 11.5 Å². The second-order valence-corrected chi connectivity index (χ2v) is 19.5. The summed E-state index contributed by atoms with van der Waals surface area (Å²) in [7, 11) is 0. The number of aromatic nitrogens is 2. The zero-order valence-electron chi connectivity index (χ0n) is 39.3. The Kier molecular flexibility index (Phi) is 14.1. The molecular weight excluding hydrogens is 861 g/mol. The van der Waals surface area contributed by atoms with Crippen LogP contribution in [0.2, 0.25) is 0 Å². The zero-order valence-corrected chi connectivity index (χ0v) is 39.3. The lowest BCUT2D eigenvalue weighted by molar-refractivity contribution is -0.143. The molecule has 4 unspecified atom stereocenters. The van der Waals surface area contributed by atoms with E-state index in [-0.39, 0.29) is 52.1 Å². The zero-order chi connectivity index (χ0) is 48.4. The van der Waals surface area contributed by atoms with Crippen LogP contribution in [-0.4, -0.2) is 63.9 Å². The van der Waals surface area contributed by atoms with Crippen LogP contribution in [0.25, 0.3) is 6.08 Å². The molecule has 7 rings (SSSR count). The minimum atomic E-state index is -1.58. The van der Waals surface area contributed by atoms with Gasteiger partial charge in [0.15, 0.2) is 5.60 Å². The molecule has 3 aliphatic rings. The minimum absolute atomic E-state index is 0.0388. The number of aliphatic hydroxyl groups excluding tert-OH is 1. The van der Waals surface area contributed by atoms with E-state index in [0.29, 0.717) is 48.2 Å². The number of nitrogens with one attached hydrogen (secondary N) is 3. The van der Waals surface area contributed by atoms with E-state index in [0.717, 1.165) is 25.7 Å². The molecule has 0 bridgehead atoms. The first kappa shape index (κ1) is 48.6. The maximum Gasteiger partial charge on any atom is 0.340 e. The number of fused-ring (bicyclic) bond motifs is 6. The third-order valence-corrected chi connectivity index (χ3v) is 12.1. The number of hydrogen-bond donors (Lipinski definition) is 4. The predicted molar refractivity (Wildman–Crippen MR) is 248 cm³/mol. The van der Waals surface area contributed by atoms with Gasteiger partial charge < -0.3 is 34.1 Å². The van der Waals surface area contributed by atoms with Crippen LogP contribution in [0.3, 0.4) is 0 Å². The van der Waals surface area contributed by atoms with E-state index in [4.69, 9.17) is 23.7 Å². The number of ether oxygens (including phenoxy) is 5. The van der Waals surface area contributed by atoms with Crippen molar-refractivity contribution < 1.29 is 48.0 Å². The molecule has 0 saturated carbocycles. The SMILES string of the molecule is CCC1OC(n2cc(/C=C/C(O)NCCCCCCNC(=O)c3ccc4c(c3)C3(OC4=O)c4ccc(OC(=O)C(C)(C)C)cc4Oc4cc(OC(=O)C(C)(C)C)ccc43)c(=O)[nH]c2=O)CC1C. The lowest BCUT2D eigenvalue weighted by Gasteiger charge is -2.37. The molecule has 67 heavy (non-hydrogen) atoms. The van der Waals surface area contributed by atoms with Gasteiger partial charge in [0, 0.05) is 47.1 Å². The quantitative estimate of drug-likeness (QED) is 0.0401. The molecule has 1 fully saturated rings. The van der Waals surface area contributed by atoms with Gasteiger partial charge in [-0.1, -0.05) is 26.7 Å². The van der Waals surface area contributed by atoms with Gasteiger partial charge in [0.05, 0.1) is 28.1 Å². The van der Waals surface area contributed by atoms with E-state index in [1.54, 1.807) is 96.1 Å². The molecule has 16 heteroatoms. The summed E-state index contributed by atoms with van der Waals surface area (Å²) >= 11 is 0. The van der Waals surface area contributed by atoms with Crippen molar-refractivity contribution in [3.63, 3.8) is 0 Å². The highest BCUT2D eigenvalue weighted by Gasteiger charge is 2.54. The molecule has 1 spiro atoms. The molecule has 1 saturated heterocycles. The van der Waals surface area contributed by atoms with Crippen molar-refractivity contribution >= 4 is 29.9 Å². The first-order valence-corrected chi connectivity index (χ1v) is 22.9. The third-order valence-electron chi connectivity index (χ3n) is 12.1. The van der Waals surface area contributed by atoms with Gasteiger partial charge in [0.2, 0.25) is 0 Å². The number of benzene rings is 3. The fraction of sp³-hybridized carbons (Fsp3) is 0.451. The van der Waals surface area contributed by atoms with Crippen molar-refractivity contribution in [1.82, 2.24) is 20.2 Å². The van der Waals surface area contributed by atoms with E-state index in [2.05, 4.69) is 22.5 Å². The molecular formula is C51H60N4O12. The Hall–Kier alpha value is -6.36. The second-order valence-electron chi connectivity index (χ2n) is 19.5. The standard InChI is InChI=1S/C51H60N4O12/c1-9-38-29(2)24-42(66-38)55-28-31(44(58)54-48(55)62)15-21-41(56)52-22-12-10-11-13-23-53-43(57)30-14-18-34-37(25-30)51(67-45(34)59)35-19-16-32(63-46(60)49(3,4)5)26-39(35)65-40-27-33(17-20-36(40)51)64-47(61)50(6,7)8/h14-21,25-29,38,41-42,52,56H,9-13,22-24H2,1-8H3,(H,53,57)(H,54,58,62)/b21-15+. The number of nitrogens with zero attached hydrogens (tertiary/aromatic N) is 1. The number of amides is 1. The number of H-pyrrole nitrogens is 1. The molecule has 0 radical (unpaired) electrons. The minimum Gasteiger partial charge on any atom is -0.456 e. The fourth-order valence-corrected chi connectivity index (χ4v) is 8.26. The van der Waals surface area contributed by atoms with Crippen LogP contribution in [0.4, 0.5) is 0 Å². The van der Waals surface area contributed by atoms with Crippen LogP contribution in [0.15, 0.2) is 76.5 Å². The van der Waals surface area contributed by atoms with Gasteiger partial charge in [0.1, 0.15) is 35.5 Å². The van der Waals surface area contributed by atoms with Crippen molar-refractivity contribution in [2.75, 3.05) is 13.1 Å². The molecule has 0 aliphatic carbocycles. The molecule has 4 heterocycles. The van der Waals surface area contributed by atoms with Gasteiger partial charge in [-0.3, -0.25) is 34.0 Å². The molecule has 4 aromatic rings. The molecule has 3 aliphatic heterocycles. The maximum atomic E-state index is 13.7. The van der Waals surface area contributed by atoms with Crippen LogP contribution < -0.4 is 36.1 Å². The number of esters is 3. The first-order valence-electron chi connectivity index (χ1n) is 22.9. The average molecular weight is 921 g/mol. The summed E-state index contributed by atoms with van der Waals surface area (Å²) in [4.78, 5) is 80.4. The van der Waals surface area contributed by atoms with Crippen molar-refractivity contribution in [3.8, 4) is 23.0 Å². The number of rotatable bonds is 15. The maximum absolute atomic E-state index is 13.7. The summed E-state index contributed by atoms with van der Waals surface area (Å²) in [6, 6.07) is 14.4. The molecule has 16 nitrogen and oxygen atoms in total. The lowest BCUT2D eigenvalue weighted by Crippen LogP contribution is -2.33. The number of aromatic amines is 1. The highest BCUT2D eigenvalue weighted by atomic mass is 16.6. The van der Waals surface area contributed by atoms with Crippen molar-refractivity contribution in [3.05, 3.63) is 121 Å². The Balaban J connectivity index is 0.977. The Morgan fingerprint density at radius 2 is 1.48 bits per heavy atom. The van der Waals surface area contributed by atoms with Gasteiger partial charge in [-0.05, 0) is 134 Å². The second kappa shape index (κ2) is 19.5. The highest BCUT2D eigenvalue weighted by Crippen LogP contribution is 2.57. The molecule has 1 amide bonds. The number of hydrogen-bond acceptors (Lipinski definition) is 13. The summed E-state index contributed by atoms with van der Waals surface area (Å²) in [5.74, 6) is -0.733. The fourth-order valence-electron chi connectivity index (χ4n) is 8.26. The van der Waals surface area contributed by atoms with Crippen LogP contribution in [0.1, 0.15) is 143 Å². The van der Waals surface area contributed by atoms with E-state index < -0.39 is 58.0 Å². The topological polar surface area (TPSA) is 214 Å².